The molecule has 0 aliphatic carbocycles. The van der Waals surface area contributed by atoms with Crippen LogP contribution < -0.4 is 5.32 Å². The van der Waals surface area contributed by atoms with Gasteiger partial charge in [-0.05, 0) is 24.6 Å². The van der Waals surface area contributed by atoms with Crippen LogP contribution in [0.4, 0.5) is 5.00 Å². The van der Waals surface area contributed by atoms with Crippen molar-refractivity contribution in [3.05, 3.63) is 63.0 Å². The minimum atomic E-state index is -1.39. The summed E-state index contributed by atoms with van der Waals surface area (Å²) in [6, 6.07) is 9.08. The highest BCUT2D eigenvalue weighted by molar-refractivity contribution is 7.16. The number of hydrogen-bond acceptors (Lipinski definition) is 6. The molecule has 2 aromatic heterocycles. The molecule has 0 fully saturated rings. The molecule has 3 aromatic rings. The van der Waals surface area contributed by atoms with Crippen LogP contribution in [0.1, 0.15) is 29.3 Å². The molecule has 1 aromatic carbocycles. The molecule has 0 bridgehead atoms. The molecule has 9 heteroatoms. The lowest BCUT2D eigenvalue weighted by Crippen LogP contribution is -2.39. The summed E-state index contributed by atoms with van der Waals surface area (Å²) in [5.74, 6) is 0. The quantitative estimate of drug-likeness (QED) is 0.544. The first-order chi connectivity index (χ1) is 13.4. The van der Waals surface area contributed by atoms with Crippen LogP contribution in [0.25, 0.3) is 0 Å². The van der Waals surface area contributed by atoms with Crippen LogP contribution in [0.2, 0.25) is 10.0 Å². The molecule has 146 valence electrons. The van der Waals surface area contributed by atoms with Gasteiger partial charge in [-0.15, -0.1) is 11.3 Å². The van der Waals surface area contributed by atoms with E-state index in [9.17, 15) is 10.4 Å². The number of hydrogen-bond donors (Lipinski definition) is 2. The summed E-state index contributed by atoms with van der Waals surface area (Å²) in [4.78, 5) is 5.06. The van der Waals surface area contributed by atoms with Crippen LogP contribution in [0.15, 0.2) is 36.9 Å². The lowest BCUT2D eigenvalue weighted by Gasteiger charge is -2.30. The summed E-state index contributed by atoms with van der Waals surface area (Å²) in [6.45, 7) is 2.36. The molecule has 0 aliphatic rings. The Morgan fingerprint density at radius 2 is 2.18 bits per heavy atom. The number of rotatable bonds is 8. The van der Waals surface area contributed by atoms with Gasteiger partial charge in [-0.2, -0.15) is 10.4 Å². The molecule has 0 saturated heterocycles. The van der Waals surface area contributed by atoms with Crippen LogP contribution in [-0.4, -0.2) is 26.4 Å². The summed E-state index contributed by atoms with van der Waals surface area (Å²) in [5.41, 5.74) is -0.305. The Morgan fingerprint density at radius 3 is 2.82 bits per heavy atom. The van der Waals surface area contributed by atoms with E-state index in [0.717, 1.165) is 22.7 Å². The van der Waals surface area contributed by atoms with Crippen molar-refractivity contribution in [2.24, 2.45) is 0 Å². The van der Waals surface area contributed by atoms with E-state index in [2.05, 4.69) is 28.4 Å². The number of aromatic nitrogens is 3. The fraction of sp³-hybridized carbons (Fsp3) is 0.316. The van der Waals surface area contributed by atoms with E-state index in [1.54, 1.807) is 18.2 Å². The number of nitrogens with zero attached hydrogens (tertiary/aromatic N) is 4. The zero-order chi connectivity index (χ0) is 20.1. The Kier molecular flexibility index (Phi) is 6.57. The average Bonchev–Trinajstić information content (AvgIpc) is 3.29. The van der Waals surface area contributed by atoms with Gasteiger partial charge in [0.2, 0.25) is 0 Å². The van der Waals surface area contributed by atoms with E-state index < -0.39 is 5.60 Å². The van der Waals surface area contributed by atoms with Crippen molar-refractivity contribution < 1.29 is 5.11 Å². The van der Waals surface area contributed by atoms with E-state index in [1.165, 1.54) is 28.7 Å². The van der Waals surface area contributed by atoms with Gasteiger partial charge in [0.05, 0.1) is 18.7 Å². The summed E-state index contributed by atoms with van der Waals surface area (Å²) in [7, 11) is 0. The van der Waals surface area contributed by atoms with Crippen molar-refractivity contribution >= 4 is 39.5 Å². The molecule has 2 N–H and O–H groups in total. The number of nitrogens with one attached hydrogen (secondary N) is 1. The molecule has 1 atom stereocenters. The second kappa shape index (κ2) is 8.93. The van der Waals surface area contributed by atoms with Crippen LogP contribution in [0.5, 0.6) is 0 Å². The zero-order valence-electron chi connectivity index (χ0n) is 15.2. The van der Waals surface area contributed by atoms with Gasteiger partial charge in [0.15, 0.2) is 0 Å². The molecule has 0 aliphatic heterocycles. The summed E-state index contributed by atoms with van der Waals surface area (Å²) in [5, 5.41) is 29.8. The molecule has 1 unspecified atom stereocenters. The summed E-state index contributed by atoms with van der Waals surface area (Å²) in [6.07, 6.45) is 4.84. The number of aliphatic hydroxyl groups is 1. The van der Waals surface area contributed by atoms with E-state index >= 15 is 0 Å². The summed E-state index contributed by atoms with van der Waals surface area (Å²) >= 11 is 13.9. The van der Waals surface area contributed by atoms with Crippen molar-refractivity contribution in [1.29, 1.82) is 5.26 Å². The van der Waals surface area contributed by atoms with Gasteiger partial charge in [0, 0.05) is 20.5 Å². The van der Waals surface area contributed by atoms with Crippen molar-refractivity contribution in [3.63, 3.8) is 0 Å². The number of nitriles is 1. The maximum atomic E-state index is 11.5. The lowest BCUT2D eigenvalue weighted by molar-refractivity contribution is 0.0284. The van der Waals surface area contributed by atoms with Crippen molar-refractivity contribution in [2.75, 3.05) is 11.9 Å². The Morgan fingerprint density at radius 1 is 1.36 bits per heavy atom. The summed E-state index contributed by atoms with van der Waals surface area (Å²) < 4.78 is 1.54. The van der Waals surface area contributed by atoms with Gasteiger partial charge in [0.25, 0.3) is 0 Å². The van der Waals surface area contributed by atoms with Gasteiger partial charge >= 0.3 is 0 Å². The van der Waals surface area contributed by atoms with Gasteiger partial charge in [0.1, 0.15) is 29.3 Å². The molecular weight excluding hydrogens is 417 g/mol. The molecule has 0 amide bonds. The van der Waals surface area contributed by atoms with Crippen LogP contribution in [-0.2, 0) is 18.6 Å². The van der Waals surface area contributed by atoms with Crippen LogP contribution >= 0.6 is 34.5 Å². The van der Waals surface area contributed by atoms with Crippen LogP contribution in [0.3, 0.4) is 0 Å². The smallest absolute Gasteiger partial charge is 0.137 e. The fourth-order valence-corrected chi connectivity index (χ4v) is 4.63. The molecule has 6 nitrogen and oxygen atoms in total. The first-order valence-corrected chi connectivity index (χ1v) is 10.3. The number of halogens is 2. The van der Waals surface area contributed by atoms with Gasteiger partial charge in [-0.1, -0.05) is 42.6 Å². The SMILES string of the molecule is CCCc1cc(C#N)c(NCC(O)(Cn2cncn2)c2ccc(Cl)cc2Cl)s1. The first-order valence-electron chi connectivity index (χ1n) is 8.72. The highest BCUT2D eigenvalue weighted by Gasteiger charge is 2.33. The Hall–Kier alpha value is -2.11. The maximum Gasteiger partial charge on any atom is 0.137 e. The normalized spacial score (nSPS) is 13.1. The minimum absolute atomic E-state index is 0.134. The third-order valence-corrected chi connectivity index (χ3v) is 5.96. The largest absolute Gasteiger partial charge is 0.381 e. The number of anilines is 1. The number of thiophene rings is 1. The molecular formula is C19H19Cl2N5OS. The monoisotopic (exact) mass is 435 g/mol. The molecule has 2 heterocycles. The highest BCUT2D eigenvalue weighted by atomic mass is 35.5. The van der Waals surface area contributed by atoms with E-state index in [1.807, 2.05) is 6.07 Å². The fourth-order valence-electron chi connectivity index (χ4n) is 2.94. The third-order valence-electron chi connectivity index (χ3n) is 4.26. The molecule has 28 heavy (non-hydrogen) atoms. The molecule has 0 saturated carbocycles. The number of benzene rings is 1. The predicted molar refractivity (Wildman–Crippen MR) is 112 cm³/mol. The van der Waals surface area contributed by atoms with Crippen LogP contribution in [0, 0.1) is 11.3 Å². The highest BCUT2D eigenvalue weighted by Crippen LogP contribution is 2.34. The second-order valence-electron chi connectivity index (χ2n) is 6.42. The van der Waals surface area contributed by atoms with Gasteiger partial charge < -0.3 is 10.4 Å². The Balaban J connectivity index is 1.91. The van der Waals surface area contributed by atoms with E-state index in [4.69, 9.17) is 23.2 Å². The first kappa shape index (κ1) is 20.6. The van der Waals surface area contributed by atoms with Gasteiger partial charge in [-0.25, -0.2) is 9.67 Å². The third kappa shape index (κ3) is 4.65. The topological polar surface area (TPSA) is 86.8 Å². The lowest BCUT2D eigenvalue weighted by atomic mass is 9.93. The number of aryl methyl sites for hydroxylation is 1. The Labute approximate surface area is 177 Å². The predicted octanol–water partition coefficient (Wildman–Crippen LogP) is 4.47. The standard InChI is InChI=1S/C19H19Cl2N5OS/c1-2-3-15-6-13(8-22)18(28-15)24-9-19(27,10-26-12-23-11-25-26)16-5-4-14(20)7-17(16)21/h4-7,11-12,24,27H,2-3,9-10H2,1H3. The maximum absolute atomic E-state index is 11.5. The molecule has 3 rings (SSSR count). The van der Waals surface area contributed by atoms with Crippen molar-refractivity contribution in [2.45, 2.75) is 31.9 Å². The van der Waals surface area contributed by atoms with Crippen molar-refractivity contribution in [1.82, 2.24) is 14.8 Å². The zero-order valence-corrected chi connectivity index (χ0v) is 17.5. The van der Waals surface area contributed by atoms with E-state index in [-0.39, 0.29) is 13.1 Å². The minimum Gasteiger partial charge on any atom is -0.381 e. The van der Waals surface area contributed by atoms with E-state index in [0.29, 0.717) is 21.2 Å². The van der Waals surface area contributed by atoms with Gasteiger partial charge in [-0.3, -0.25) is 0 Å². The molecule has 0 radical (unpaired) electrons. The second-order valence-corrected chi connectivity index (χ2v) is 8.40. The average molecular weight is 436 g/mol. The van der Waals surface area contributed by atoms with Crippen molar-refractivity contribution in [3.8, 4) is 6.07 Å². The molecule has 0 spiro atoms. The Bertz CT molecular complexity index is 983.